The minimum atomic E-state index is -0.355. The van der Waals surface area contributed by atoms with Crippen molar-refractivity contribution in [2.45, 2.75) is 6.04 Å². The summed E-state index contributed by atoms with van der Waals surface area (Å²) < 4.78 is 24.0. The van der Waals surface area contributed by atoms with Crippen molar-refractivity contribution in [2.75, 3.05) is 6.61 Å². The molecule has 1 unspecified atom stereocenters. The zero-order chi connectivity index (χ0) is 12.3. The first-order valence-electron chi connectivity index (χ1n) is 5.04. The Kier molecular flexibility index (Phi) is 3.81. The molecule has 0 bridgehead atoms. The first-order chi connectivity index (χ1) is 8.15. The van der Waals surface area contributed by atoms with Crippen molar-refractivity contribution < 1.29 is 13.5 Å². The van der Waals surface area contributed by atoms with Crippen molar-refractivity contribution >= 4 is 15.9 Å². The smallest absolute Gasteiger partial charge is 0.169 e. The lowest BCUT2D eigenvalue weighted by Crippen LogP contribution is -2.18. The third-order valence-corrected chi connectivity index (χ3v) is 2.63. The molecule has 0 aliphatic carbocycles. The van der Waals surface area contributed by atoms with E-state index >= 15 is 0 Å². The minimum Gasteiger partial charge on any atom is -0.491 e. The SMILES string of the molecule is NC(COc1ccc(F)cc1)c1ccc(Br)o1. The summed E-state index contributed by atoms with van der Waals surface area (Å²) in [5, 5.41) is 0. The summed E-state index contributed by atoms with van der Waals surface area (Å²) >= 11 is 3.20. The predicted octanol–water partition coefficient (Wildman–Crippen LogP) is 3.26. The molecule has 0 fully saturated rings. The highest BCUT2D eigenvalue weighted by Crippen LogP contribution is 2.20. The third-order valence-electron chi connectivity index (χ3n) is 2.20. The van der Waals surface area contributed by atoms with Crippen LogP contribution < -0.4 is 10.5 Å². The molecule has 1 heterocycles. The predicted molar refractivity (Wildman–Crippen MR) is 65.2 cm³/mol. The highest BCUT2D eigenvalue weighted by Gasteiger charge is 2.11. The molecule has 17 heavy (non-hydrogen) atoms. The largest absolute Gasteiger partial charge is 0.491 e. The molecule has 0 amide bonds. The standard InChI is InChI=1S/C12H11BrFNO2/c13-12-6-5-11(17-12)10(15)7-16-9-3-1-8(14)2-4-9/h1-6,10H,7,15H2. The molecule has 0 spiro atoms. The molecule has 0 aliphatic heterocycles. The normalized spacial score (nSPS) is 12.4. The average molecular weight is 300 g/mol. The highest BCUT2D eigenvalue weighted by molar-refractivity contribution is 9.10. The van der Waals surface area contributed by atoms with E-state index in [-0.39, 0.29) is 18.5 Å². The van der Waals surface area contributed by atoms with Crippen LogP contribution in [0, 0.1) is 5.82 Å². The maximum Gasteiger partial charge on any atom is 0.169 e. The summed E-state index contributed by atoms with van der Waals surface area (Å²) in [6.07, 6.45) is 0. The van der Waals surface area contributed by atoms with Crippen LogP contribution in [0.2, 0.25) is 0 Å². The molecule has 0 saturated heterocycles. The van der Waals surface area contributed by atoms with Gasteiger partial charge in [-0.1, -0.05) is 0 Å². The number of rotatable bonds is 4. The van der Waals surface area contributed by atoms with Crippen LogP contribution in [0.1, 0.15) is 11.8 Å². The van der Waals surface area contributed by atoms with Crippen molar-refractivity contribution in [1.29, 1.82) is 0 Å². The molecule has 1 aromatic carbocycles. The molecule has 2 aromatic rings. The van der Waals surface area contributed by atoms with Crippen molar-refractivity contribution in [1.82, 2.24) is 0 Å². The first-order valence-corrected chi connectivity index (χ1v) is 5.83. The summed E-state index contributed by atoms with van der Waals surface area (Å²) in [6, 6.07) is 8.98. The van der Waals surface area contributed by atoms with Gasteiger partial charge in [-0.3, -0.25) is 0 Å². The second-order valence-corrected chi connectivity index (χ2v) is 4.29. The maximum atomic E-state index is 12.7. The molecule has 1 aromatic heterocycles. The van der Waals surface area contributed by atoms with Gasteiger partial charge in [0.05, 0.1) is 6.04 Å². The molecule has 2 rings (SSSR count). The monoisotopic (exact) mass is 299 g/mol. The van der Waals surface area contributed by atoms with Crippen LogP contribution in [-0.4, -0.2) is 6.61 Å². The van der Waals surface area contributed by atoms with Gasteiger partial charge in [0, 0.05) is 0 Å². The fourth-order valence-corrected chi connectivity index (χ4v) is 1.65. The Bertz CT molecular complexity index is 484. The number of halogens is 2. The lowest BCUT2D eigenvalue weighted by Gasteiger charge is -2.10. The summed E-state index contributed by atoms with van der Waals surface area (Å²) in [7, 11) is 0. The molecule has 5 heteroatoms. The Labute approximate surface area is 106 Å². The van der Waals surface area contributed by atoms with Crippen LogP contribution in [0.15, 0.2) is 45.5 Å². The van der Waals surface area contributed by atoms with Gasteiger partial charge in [-0.2, -0.15) is 0 Å². The molecule has 0 saturated carbocycles. The average Bonchev–Trinajstić information content (AvgIpc) is 2.75. The van der Waals surface area contributed by atoms with E-state index in [4.69, 9.17) is 14.9 Å². The number of furan rings is 1. The Morgan fingerprint density at radius 2 is 1.94 bits per heavy atom. The van der Waals surface area contributed by atoms with Gasteiger partial charge in [0.2, 0.25) is 0 Å². The van der Waals surface area contributed by atoms with Gasteiger partial charge in [-0.05, 0) is 52.3 Å². The van der Waals surface area contributed by atoms with Crippen molar-refractivity contribution in [2.24, 2.45) is 5.73 Å². The molecular weight excluding hydrogens is 289 g/mol. The minimum absolute atomic E-state index is 0.269. The van der Waals surface area contributed by atoms with Crippen LogP contribution in [0.3, 0.4) is 0 Å². The van der Waals surface area contributed by atoms with E-state index < -0.39 is 0 Å². The van der Waals surface area contributed by atoms with E-state index in [0.29, 0.717) is 16.2 Å². The molecule has 2 N–H and O–H groups in total. The van der Waals surface area contributed by atoms with E-state index in [1.54, 1.807) is 24.3 Å². The Hall–Kier alpha value is -1.33. The third kappa shape index (κ3) is 3.31. The van der Waals surface area contributed by atoms with Gasteiger partial charge < -0.3 is 14.9 Å². The van der Waals surface area contributed by atoms with E-state index in [9.17, 15) is 4.39 Å². The molecule has 90 valence electrons. The lowest BCUT2D eigenvalue weighted by atomic mass is 10.2. The van der Waals surface area contributed by atoms with E-state index in [0.717, 1.165) is 0 Å². The van der Waals surface area contributed by atoms with Crippen molar-refractivity contribution in [3.05, 3.63) is 52.6 Å². The fourth-order valence-electron chi connectivity index (χ4n) is 1.33. The Balaban J connectivity index is 1.92. The topological polar surface area (TPSA) is 48.4 Å². The summed E-state index contributed by atoms with van der Waals surface area (Å²) in [5.41, 5.74) is 5.87. The van der Waals surface area contributed by atoms with Crippen LogP contribution in [0.25, 0.3) is 0 Å². The number of hydrogen-bond donors (Lipinski definition) is 1. The zero-order valence-corrected chi connectivity index (χ0v) is 10.5. The fraction of sp³-hybridized carbons (Fsp3) is 0.167. The molecule has 3 nitrogen and oxygen atoms in total. The number of hydrogen-bond acceptors (Lipinski definition) is 3. The second kappa shape index (κ2) is 5.33. The van der Waals surface area contributed by atoms with E-state index in [1.165, 1.54) is 12.1 Å². The van der Waals surface area contributed by atoms with Gasteiger partial charge in [-0.25, -0.2) is 4.39 Å². The van der Waals surface area contributed by atoms with Crippen LogP contribution in [-0.2, 0) is 0 Å². The van der Waals surface area contributed by atoms with Crippen molar-refractivity contribution in [3.63, 3.8) is 0 Å². The van der Waals surface area contributed by atoms with Crippen LogP contribution in [0.5, 0.6) is 5.75 Å². The van der Waals surface area contributed by atoms with Crippen LogP contribution in [0.4, 0.5) is 4.39 Å². The van der Waals surface area contributed by atoms with Crippen molar-refractivity contribution in [3.8, 4) is 5.75 Å². The Morgan fingerprint density at radius 3 is 2.53 bits per heavy atom. The summed E-state index contributed by atoms with van der Waals surface area (Å²) in [6.45, 7) is 0.269. The summed E-state index contributed by atoms with van der Waals surface area (Å²) in [4.78, 5) is 0. The van der Waals surface area contributed by atoms with E-state index in [2.05, 4.69) is 15.9 Å². The van der Waals surface area contributed by atoms with Gasteiger partial charge in [0.25, 0.3) is 0 Å². The highest BCUT2D eigenvalue weighted by atomic mass is 79.9. The molecular formula is C12H11BrFNO2. The summed E-state index contributed by atoms with van der Waals surface area (Å²) in [5.74, 6) is 0.920. The van der Waals surface area contributed by atoms with Gasteiger partial charge in [-0.15, -0.1) is 0 Å². The number of benzene rings is 1. The number of nitrogens with two attached hydrogens (primary N) is 1. The van der Waals surface area contributed by atoms with Gasteiger partial charge in [0.1, 0.15) is 23.9 Å². The number of ether oxygens (including phenoxy) is 1. The quantitative estimate of drug-likeness (QED) is 0.943. The first kappa shape index (κ1) is 12.1. The zero-order valence-electron chi connectivity index (χ0n) is 8.90. The Morgan fingerprint density at radius 1 is 1.24 bits per heavy atom. The van der Waals surface area contributed by atoms with Crippen LogP contribution >= 0.6 is 15.9 Å². The molecule has 0 radical (unpaired) electrons. The van der Waals surface area contributed by atoms with E-state index in [1.807, 2.05) is 0 Å². The van der Waals surface area contributed by atoms with Gasteiger partial charge >= 0.3 is 0 Å². The second-order valence-electron chi connectivity index (χ2n) is 3.51. The van der Waals surface area contributed by atoms with Gasteiger partial charge in [0.15, 0.2) is 4.67 Å². The maximum absolute atomic E-state index is 12.7. The lowest BCUT2D eigenvalue weighted by molar-refractivity contribution is 0.271. The molecule has 0 aliphatic rings. The molecule has 1 atom stereocenters.